The molecule has 6 heteroatoms. The van der Waals surface area contributed by atoms with E-state index in [1.807, 2.05) is 0 Å². The van der Waals surface area contributed by atoms with Gasteiger partial charge in [-0.15, -0.1) is 0 Å². The summed E-state index contributed by atoms with van der Waals surface area (Å²) in [7, 11) is -3.07. The van der Waals surface area contributed by atoms with Gasteiger partial charge in [-0.3, -0.25) is 4.90 Å². The van der Waals surface area contributed by atoms with Crippen LogP contribution in [0, 0.1) is 11.8 Å². The topological polar surface area (TPSA) is 61.4 Å². The lowest BCUT2D eigenvalue weighted by molar-refractivity contribution is 0.253. The Balaban J connectivity index is 1.65. The average molecular weight is 261 g/mol. The predicted octanol–water partition coefficient (Wildman–Crippen LogP) is -0.533. The fourth-order valence-corrected chi connectivity index (χ4v) is 3.28. The number of hydrogen-bond acceptors (Lipinski definition) is 4. The Kier molecular flexibility index (Phi) is 4.41. The summed E-state index contributed by atoms with van der Waals surface area (Å²) in [6.07, 6.45) is 1.17. The highest BCUT2D eigenvalue weighted by molar-refractivity contribution is 7.89. The second-order valence-corrected chi connectivity index (χ2v) is 7.16. The smallest absolute Gasteiger partial charge is 0.212 e. The highest BCUT2D eigenvalue weighted by Gasteiger charge is 2.33. The van der Waals surface area contributed by atoms with Gasteiger partial charge in [-0.1, -0.05) is 6.92 Å². The average Bonchev–Trinajstić information content (AvgIpc) is 3.02. The molecule has 0 bridgehead atoms. The van der Waals surface area contributed by atoms with Gasteiger partial charge in [0.25, 0.3) is 0 Å². The normalized spacial score (nSPS) is 30.4. The van der Waals surface area contributed by atoms with Crippen LogP contribution in [0.5, 0.6) is 0 Å². The van der Waals surface area contributed by atoms with Crippen LogP contribution >= 0.6 is 0 Å². The van der Waals surface area contributed by atoms with Crippen molar-refractivity contribution in [3.63, 3.8) is 0 Å². The molecule has 17 heavy (non-hydrogen) atoms. The van der Waals surface area contributed by atoms with E-state index < -0.39 is 10.0 Å². The van der Waals surface area contributed by atoms with Crippen molar-refractivity contribution in [3.05, 3.63) is 0 Å². The van der Waals surface area contributed by atoms with Gasteiger partial charge in [0.1, 0.15) is 0 Å². The van der Waals surface area contributed by atoms with Crippen molar-refractivity contribution >= 4 is 10.0 Å². The third-order valence-electron chi connectivity index (χ3n) is 3.73. The molecule has 1 saturated heterocycles. The van der Waals surface area contributed by atoms with Gasteiger partial charge in [-0.2, -0.15) is 0 Å². The zero-order valence-electron chi connectivity index (χ0n) is 10.5. The molecule has 2 atom stereocenters. The molecule has 5 nitrogen and oxygen atoms in total. The molecule has 2 aliphatic rings. The van der Waals surface area contributed by atoms with Crippen molar-refractivity contribution in [1.82, 2.24) is 14.9 Å². The minimum Gasteiger partial charge on any atom is -0.314 e. The highest BCUT2D eigenvalue weighted by atomic mass is 32.2. The van der Waals surface area contributed by atoms with E-state index in [0.717, 1.165) is 26.2 Å². The summed E-state index contributed by atoms with van der Waals surface area (Å²) in [4.78, 5) is 2.20. The Labute approximate surface area is 104 Å². The van der Waals surface area contributed by atoms with Crippen LogP contribution in [0.15, 0.2) is 0 Å². The Hall–Kier alpha value is -0.170. The Morgan fingerprint density at radius 2 is 2.00 bits per heavy atom. The van der Waals surface area contributed by atoms with Gasteiger partial charge in [0.2, 0.25) is 10.0 Å². The number of sulfonamides is 1. The molecular weight excluding hydrogens is 238 g/mol. The SMILES string of the molecule is CC1CC1CNS(=O)(=O)CCN1CCNCC1. The van der Waals surface area contributed by atoms with E-state index in [1.165, 1.54) is 6.42 Å². The fraction of sp³-hybridized carbons (Fsp3) is 1.00. The molecule has 0 amide bonds. The van der Waals surface area contributed by atoms with Crippen LogP contribution in [0.4, 0.5) is 0 Å². The van der Waals surface area contributed by atoms with Crippen molar-refractivity contribution in [2.24, 2.45) is 11.8 Å². The first-order chi connectivity index (χ1) is 8.07. The molecule has 1 saturated carbocycles. The largest absolute Gasteiger partial charge is 0.314 e. The summed E-state index contributed by atoms with van der Waals surface area (Å²) in [6.45, 7) is 7.28. The zero-order valence-corrected chi connectivity index (χ0v) is 11.3. The first-order valence-electron chi connectivity index (χ1n) is 6.47. The number of hydrogen-bond donors (Lipinski definition) is 2. The molecule has 0 aromatic rings. The van der Waals surface area contributed by atoms with Crippen molar-refractivity contribution in [2.45, 2.75) is 13.3 Å². The van der Waals surface area contributed by atoms with Crippen LogP contribution in [0.25, 0.3) is 0 Å². The molecule has 1 aliphatic carbocycles. The maximum atomic E-state index is 11.8. The molecule has 2 N–H and O–H groups in total. The third-order valence-corrected chi connectivity index (χ3v) is 5.05. The summed E-state index contributed by atoms with van der Waals surface area (Å²) in [5.41, 5.74) is 0. The van der Waals surface area contributed by atoms with Crippen LogP contribution in [0.2, 0.25) is 0 Å². The lowest BCUT2D eigenvalue weighted by Crippen LogP contribution is -2.46. The number of piperazine rings is 1. The quantitative estimate of drug-likeness (QED) is 0.674. The Bertz CT molecular complexity index is 339. The lowest BCUT2D eigenvalue weighted by Gasteiger charge is -2.26. The van der Waals surface area contributed by atoms with Crippen molar-refractivity contribution in [2.75, 3.05) is 45.0 Å². The fourth-order valence-electron chi connectivity index (χ4n) is 2.17. The minimum absolute atomic E-state index is 0.230. The molecule has 0 aromatic carbocycles. The maximum Gasteiger partial charge on any atom is 0.212 e. The molecule has 2 fully saturated rings. The Morgan fingerprint density at radius 3 is 2.59 bits per heavy atom. The van der Waals surface area contributed by atoms with Gasteiger partial charge in [0.15, 0.2) is 0 Å². The van der Waals surface area contributed by atoms with Crippen molar-refractivity contribution in [3.8, 4) is 0 Å². The Morgan fingerprint density at radius 1 is 1.35 bits per heavy atom. The van der Waals surface area contributed by atoms with E-state index in [1.54, 1.807) is 0 Å². The molecule has 2 rings (SSSR count). The summed E-state index contributed by atoms with van der Waals surface area (Å²) in [5, 5.41) is 3.26. The van der Waals surface area contributed by atoms with Gasteiger partial charge >= 0.3 is 0 Å². The first-order valence-corrected chi connectivity index (χ1v) is 8.12. The van der Waals surface area contributed by atoms with E-state index in [9.17, 15) is 8.42 Å². The summed E-state index contributed by atoms with van der Waals surface area (Å²) < 4.78 is 26.2. The van der Waals surface area contributed by atoms with Crippen molar-refractivity contribution in [1.29, 1.82) is 0 Å². The maximum absolute atomic E-state index is 11.8. The summed E-state index contributed by atoms with van der Waals surface area (Å²) in [6, 6.07) is 0. The molecule has 1 heterocycles. The van der Waals surface area contributed by atoms with E-state index in [2.05, 4.69) is 21.9 Å². The monoisotopic (exact) mass is 261 g/mol. The first kappa shape index (κ1) is 13.3. The second kappa shape index (κ2) is 5.65. The lowest BCUT2D eigenvalue weighted by atomic mass is 10.3. The zero-order chi connectivity index (χ0) is 12.3. The standard InChI is InChI=1S/C11H23N3O2S/c1-10-8-11(10)9-13-17(15,16)7-6-14-4-2-12-3-5-14/h10-13H,2-9H2,1H3. The summed E-state index contributed by atoms with van der Waals surface area (Å²) >= 11 is 0. The van der Waals surface area contributed by atoms with Gasteiger partial charge in [0, 0.05) is 39.3 Å². The number of nitrogens with zero attached hydrogens (tertiary/aromatic N) is 1. The van der Waals surface area contributed by atoms with Gasteiger partial charge in [-0.25, -0.2) is 13.1 Å². The van der Waals surface area contributed by atoms with Crippen LogP contribution in [0.3, 0.4) is 0 Å². The molecule has 2 unspecified atom stereocenters. The predicted molar refractivity (Wildman–Crippen MR) is 68.4 cm³/mol. The molecular formula is C11H23N3O2S. The van der Waals surface area contributed by atoms with E-state index >= 15 is 0 Å². The van der Waals surface area contributed by atoms with E-state index in [-0.39, 0.29) is 5.75 Å². The third kappa shape index (κ3) is 4.54. The van der Waals surface area contributed by atoms with Crippen LogP contribution in [0.1, 0.15) is 13.3 Å². The molecule has 0 aromatic heterocycles. The number of nitrogens with one attached hydrogen (secondary N) is 2. The molecule has 1 aliphatic heterocycles. The van der Waals surface area contributed by atoms with Crippen LogP contribution in [-0.2, 0) is 10.0 Å². The second-order valence-electron chi connectivity index (χ2n) is 5.23. The van der Waals surface area contributed by atoms with Crippen LogP contribution in [-0.4, -0.2) is 58.3 Å². The van der Waals surface area contributed by atoms with Gasteiger partial charge in [0.05, 0.1) is 5.75 Å². The van der Waals surface area contributed by atoms with Crippen molar-refractivity contribution < 1.29 is 8.42 Å². The summed E-state index contributed by atoms with van der Waals surface area (Å²) in [5.74, 6) is 1.50. The van der Waals surface area contributed by atoms with Gasteiger partial charge in [-0.05, 0) is 18.3 Å². The van der Waals surface area contributed by atoms with Gasteiger partial charge < -0.3 is 5.32 Å². The number of rotatable bonds is 6. The minimum atomic E-state index is -3.07. The molecule has 100 valence electrons. The molecule has 0 radical (unpaired) electrons. The highest BCUT2D eigenvalue weighted by Crippen LogP contribution is 2.36. The molecule has 0 spiro atoms. The van der Waals surface area contributed by atoms with E-state index in [4.69, 9.17) is 0 Å². The van der Waals surface area contributed by atoms with Crippen LogP contribution < -0.4 is 10.0 Å². The van der Waals surface area contributed by atoms with E-state index in [0.29, 0.717) is 24.9 Å².